The lowest BCUT2D eigenvalue weighted by Gasteiger charge is -2.10. The first-order valence-corrected chi connectivity index (χ1v) is 7.95. The first-order chi connectivity index (χ1) is 12.5. The minimum atomic E-state index is -0.480. The number of nitro benzene ring substituents is 1. The lowest BCUT2D eigenvalue weighted by Crippen LogP contribution is -2.23. The van der Waals surface area contributed by atoms with Crippen molar-refractivity contribution < 1.29 is 19.2 Å². The van der Waals surface area contributed by atoms with Crippen LogP contribution in [0.4, 0.5) is 5.69 Å². The van der Waals surface area contributed by atoms with Gasteiger partial charge in [-0.25, -0.2) is 0 Å². The zero-order valence-corrected chi connectivity index (χ0v) is 14.6. The Morgan fingerprint density at radius 1 is 1.19 bits per heavy atom. The summed E-state index contributed by atoms with van der Waals surface area (Å²) in [7, 11) is 3.17. The monoisotopic (exact) mass is 356 g/mol. The van der Waals surface area contributed by atoms with Crippen LogP contribution in [0.2, 0.25) is 0 Å². The van der Waals surface area contributed by atoms with E-state index in [2.05, 4.69) is 5.32 Å². The van der Waals surface area contributed by atoms with Crippen LogP contribution in [-0.4, -0.2) is 31.6 Å². The number of carbonyl (C=O) groups is 1. The van der Waals surface area contributed by atoms with Gasteiger partial charge in [0.25, 0.3) is 5.69 Å². The predicted molar refractivity (Wildman–Crippen MR) is 98.4 cm³/mol. The van der Waals surface area contributed by atoms with Crippen LogP contribution in [0, 0.1) is 10.1 Å². The third kappa shape index (κ3) is 5.07. The van der Waals surface area contributed by atoms with E-state index in [1.165, 1.54) is 18.2 Å². The van der Waals surface area contributed by atoms with E-state index in [0.29, 0.717) is 24.3 Å². The predicted octanol–water partition coefficient (Wildman–Crippen LogP) is 2.98. The highest BCUT2D eigenvalue weighted by molar-refractivity contribution is 5.92. The number of carbonyl (C=O) groups excluding carboxylic acids is 1. The number of nitro groups is 1. The molecule has 7 nitrogen and oxygen atoms in total. The van der Waals surface area contributed by atoms with Gasteiger partial charge in [-0.1, -0.05) is 12.1 Å². The molecule has 7 heteroatoms. The van der Waals surface area contributed by atoms with Crippen molar-refractivity contribution in [3.05, 3.63) is 69.8 Å². The van der Waals surface area contributed by atoms with E-state index in [4.69, 9.17) is 9.47 Å². The van der Waals surface area contributed by atoms with Crippen LogP contribution in [0.25, 0.3) is 6.08 Å². The molecular formula is C19H20N2O5. The van der Waals surface area contributed by atoms with Gasteiger partial charge in [-0.3, -0.25) is 14.9 Å². The number of hydrogen-bond acceptors (Lipinski definition) is 5. The van der Waals surface area contributed by atoms with Gasteiger partial charge in [0.2, 0.25) is 5.91 Å². The van der Waals surface area contributed by atoms with Gasteiger partial charge in [-0.05, 0) is 42.3 Å². The van der Waals surface area contributed by atoms with Gasteiger partial charge in [-0.2, -0.15) is 0 Å². The van der Waals surface area contributed by atoms with Crippen LogP contribution < -0.4 is 14.8 Å². The van der Waals surface area contributed by atoms with Crippen LogP contribution >= 0.6 is 0 Å². The minimum absolute atomic E-state index is 0.0438. The lowest BCUT2D eigenvalue weighted by atomic mass is 10.1. The second-order valence-corrected chi connectivity index (χ2v) is 5.37. The maximum absolute atomic E-state index is 11.9. The number of ether oxygens (including phenoxy) is 2. The number of methoxy groups -OCH3 is 2. The molecule has 0 bridgehead atoms. The highest BCUT2D eigenvalue weighted by Crippen LogP contribution is 2.24. The van der Waals surface area contributed by atoms with Crippen molar-refractivity contribution in [2.24, 2.45) is 0 Å². The van der Waals surface area contributed by atoms with E-state index in [0.717, 1.165) is 11.3 Å². The topological polar surface area (TPSA) is 90.7 Å². The summed E-state index contributed by atoms with van der Waals surface area (Å²) in [6.07, 6.45) is 3.27. The fraction of sp³-hybridized carbons (Fsp3) is 0.211. The molecule has 0 heterocycles. The van der Waals surface area contributed by atoms with Gasteiger partial charge < -0.3 is 14.8 Å². The molecule has 136 valence electrons. The second-order valence-electron chi connectivity index (χ2n) is 5.37. The largest absolute Gasteiger partial charge is 0.497 e. The van der Waals surface area contributed by atoms with Crippen molar-refractivity contribution in [1.29, 1.82) is 0 Å². The molecule has 0 aliphatic heterocycles. The third-order valence-corrected chi connectivity index (χ3v) is 3.73. The third-order valence-electron chi connectivity index (χ3n) is 3.73. The Bertz CT molecular complexity index is 817. The van der Waals surface area contributed by atoms with Crippen molar-refractivity contribution in [3.8, 4) is 11.5 Å². The van der Waals surface area contributed by atoms with Crippen molar-refractivity contribution >= 4 is 17.7 Å². The molecule has 0 atom stereocenters. The van der Waals surface area contributed by atoms with E-state index in [1.54, 1.807) is 38.5 Å². The Morgan fingerprint density at radius 3 is 2.65 bits per heavy atom. The summed E-state index contributed by atoms with van der Waals surface area (Å²) in [6.45, 7) is 0.392. The van der Waals surface area contributed by atoms with Crippen molar-refractivity contribution in [1.82, 2.24) is 5.32 Å². The molecule has 0 unspecified atom stereocenters. The van der Waals surface area contributed by atoms with Gasteiger partial charge >= 0.3 is 0 Å². The number of nitrogens with one attached hydrogen (secondary N) is 1. The molecule has 0 aliphatic carbocycles. The molecule has 0 saturated carbocycles. The number of rotatable bonds is 8. The molecule has 0 saturated heterocycles. The molecule has 1 N–H and O–H groups in total. The summed E-state index contributed by atoms with van der Waals surface area (Å²) >= 11 is 0. The molecule has 0 aliphatic rings. The Morgan fingerprint density at radius 2 is 1.96 bits per heavy atom. The molecule has 26 heavy (non-hydrogen) atoms. The Hall–Kier alpha value is -3.35. The van der Waals surface area contributed by atoms with E-state index in [1.807, 2.05) is 12.1 Å². The van der Waals surface area contributed by atoms with Crippen LogP contribution in [-0.2, 0) is 11.2 Å². The zero-order valence-electron chi connectivity index (χ0n) is 14.6. The number of nitrogens with zero attached hydrogens (tertiary/aromatic N) is 1. The first-order valence-electron chi connectivity index (χ1n) is 7.95. The highest BCUT2D eigenvalue weighted by Gasteiger charge is 2.10. The van der Waals surface area contributed by atoms with Crippen LogP contribution in [0.3, 0.4) is 0 Å². The smallest absolute Gasteiger partial charge is 0.276 e. The number of para-hydroxylation sites is 1. The molecule has 0 aromatic heterocycles. The fourth-order valence-corrected chi connectivity index (χ4v) is 2.42. The van der Waals surface area contributed by atoms with Crippen LogP contribution in [0.5, 0.6) is 11.5 Å². The van der Waals surface area contributed by atoms with Crippen LogP contribution in [0.1, 0.15) is 11.1 Å². The van der Waals surface area contributed by atoms with Crippen molar-refractivity contribution in [2.75, 3.05) is 20.8 Å². The highest BCUT2D eigenvalue weighted by atomic mass is 16.6. The molecular weight excluding hydrogens is 336 g/mol. The normalized spacial score (nSPS) is 10.5. The molecule has 2 aromatic carbocycles. The van der Waals surface area contributed by atoms with Gasteiger partial charge in [-0.15, -0.1) is 0 Å². The summed E-state index contributed by atoms with van der Waals surface area (Å²) in [5.74, 6) is 1.10. The first kappa shape index (κ1) is 19.0. The maximum atomic E-state index is 11.9. The zero-order chi connectivity index (χ0) is 18.9. The summed E-state index contributed by atoms with van der Waals surface area (Å²) in [6, 6.07) is 11.7. The van der Waals surface area contributed by atoms with Gasteiger partial charge in [0.15, 0.2) is 0 Å². The number of hydrogen-bond donors (Lipinski definition) is 1. The molecule has 0 spiro atoms. The maximum Gasteiger partial charge on any atom is 0.276 e. The average molecular weight is 356 g/mol. The van der Waals surface area contributed by atoms with Crippen LogP contribution in [0.15, 0.2) is 48.5 Å². The summed E-state index contributed by atoms with van der Waals surface area (Å²) in [4.78, 5) is 22.4. The molecule has 1 amide bonds. The second kappa shape index (κ2) is 9.22. The Labute approximate surface area is 151 Å². The lowest BCUT2D eigenvalue weighted by molar-refractivity contribution is -0.385. The van der Waals surface area contributed by atoms with Gasteiger partial charge in [0.1, 0.15) is 11.5 Å². The van der Waals surface area contributed by atoms with E-state index >= 15 is 0 Å². The summed E-state index contributed by atoms with van der Waals surface area (Å²) in [5, 5.41) is 13.7. The van der Waals surface area contributed by atoms with E-state index < -0.39 is 4.92 Å². The Balaban J connectivity index is 1.95. The van der Waals surface area contributed by atoms with E-state index in [9.17, 15) is 14.9 Å². The minimum Gasteiger partial charge on any atom is -0.497 e. The summed E-state index contributed by atoms with van der Waals surface area (Å²) in [5.41, 5.74) is 1.25. The van der Waals surface area contributed by atoms with Crippen molar-refractivity contribution in [2.45, 2.75) is 6.42 Å². The molecule has 0 radical (unpaired) electrons. The fourth-order valence-electron chi connectivity index (χ4n) is 2.42. The Kier molecular flexibility index (Phi) is 6.73. The average Bonchev–Trinajstić information content (AvgIpc) is 2.66. The number of benzene rings is 2. The quantitative estimate of drug-likeness (QED) is 0.446. The SMILES string of the molecule is COc1ccc(OC)c(CCNC(=O)/C=C/c2ccccc2[N+](=O)[O-])c1. The van der Waals surface area contributed by atoms with E-state index in [-0.39, 0.29) is 11.6 Å². The summed E-state index contributed by atoms with van der Waals surface area (Å²) < 4.78 is 10.5. The molecule has 0 fully saturated rings. The van der Waals surface area contributed by atoms with Crippen molar-refractivity contribution in [3.63, 3.8) is 0 Å². The van der Waals surface area contributed by atoms with Gasteiger partial charge in [0.05, 0.1) is 24.7 Å². The number of amides is 1. The molecule has 2 aromatic rings. The van der Waals surface area contributed by atoms with Gasteiger partial charge in [0, 0.05) is 18.7 Å². The standard InChI is InChI=1S/C19H20N2O5/c1-25-16-8-9-18(26-2)15(13-16)11-12-20-19(22)10-7-14-5-3-4-6-17(14)21(23)24/h3-10,13H,11-12H2,1-2H3,(H,20,22)/b10-7+. The molecule has 2 rings (SSSR count).